The normalized spacial score (nSPS) is 13.4. The fraction of sp³-hybridized carbons (Fsp3) is 1.00. The summed E-state index contributed by atoms with van der Waals surface area (Å²) in [4.78, 5) is 0. The quantitative estimate of drug-likeness (QED) is 0.634. The lowest BCUT2D eigenvalue weighted by atomic mass is 10.5. The molecule has 0 saturated heterocycles. The molecule has 0 aliphatic heterocycles. The van der Waals surface area contributed by atoms with Gasteiger partial charge in [-0.25, -0.2) is 4.57 Å². The summed E-state index contributed by atoms with van der Waals surface area (Å²) < 4.78 is 42.2. The Morgan fingerprint density at radius 2 is 1.17 bits per heavy atom. The van der Waals surface area contributed by atoms with Gasteiger partial charge in [0.2, 0.25) is 0 Å². The van der Waals surface area contributed by atoms with E-state index in [0.29, 0.717) is 0 Å². The van der Waals surface area contributed by atoms with E-state index in [4.69, 9.17) is 22.6 Å². The van der Waals surface area contributed by atoms with Crippen molar-refractivity contribution in [3.63, 3.8) is 0 Å². The molecule has 0 unspecified atom stereocenters. The molecule has 0 amide bonds. The minimum Gasteiger partial charge on any atom is -0.306 e. The summed E-state index contributed by atoms with van der Waals surface area (Å²) in [6, 6.07) is 0. The molecular weight excluding hydrogens is 280 g/mol. The van der Waals surface area contributed by atoms with Crippen LogP contribution in [0.15, 0.2) is 4.52 Å². The van der Waals surface area contributed by atoms with Crippen LogP contribution >= 0.6 is 15.5 Å². The summed E-state index contributed by atoms with van der Waals surface area (Å²) in [6.07, 6.45) is -0.628. The largest absolute Gasteiger partial charge is 0.458 e. The Labute approximate surface area is 109 Å². The Balaban J connectivity index is 5.44. The van der Waals surface area contributed by atoms with E-state index in [-0.39, 0.29) is 12.2 Å². The molecule has 0 aromatic rings. The predicted molar refractivity (Wildman–Crippen MR) is 70.4 cm³/mol. The Morgan fingerprint density at radius 1 is 0.833 bits per heavy atom. The van der Waals surface area contributed by atoms with Crippen molar-refractivity contribution in [2.24, 2.45) is 4.52 Å². The van der Waals surface area contributed by atoms with Gasteiger partial charge in [0.05, 0.1) is 12.2 Å². The number of hydrogen-bond acceptors (Lipinski definition) is 6. The maximum atomic E-state index is 12.5. The average molecular weight is 303 g/mol. The standard InChI is InChI=1S/C9H23NO6P2/c1-8(2)15-17(11,16-9(3)4)10-18(12-5,13-6)14-7/h8-9H,1-7H3. The highest BCUT2D eigenvalue weighted by atomic mass is 31.2. The second-order valence-corrected chi connectivity index (χ2v) is 7.99. The first kappa shape index (κ1) is 18.3. The van der Waals surface area contributed by atoms with E-state index in [0.717, 1.165) is 0 Å². The summed E-state index contributed by atoms with van der Waals surface area (Å²) in [7, 11) is -2.68. The van der Waals surface area contributed by atoms with Crippen LogP contribution in [0.4, 0.5) is 0 Å². The highest BCUT2D eigenvalue weighted by molar-refractivity contribution is 7.63. The van der Waals surface area contributed by atoms with Gasteiger partial charge in [-0.15, -0.1) is 4.52 Å². The van der Waals surface area contributed by atoms with Crippen LogP contribution in [-0.2, 0) is 27.2 Å². The Bertz CT molecular complexity index is 311. The molecule has 0 aromatic heterocycles. The monoisotopic (exact) mass is 303 g/mol. The molecule has 0 atom stereocenters. The van der Waals surface area contributed by atoms with E-state index >= 15 is 0 Å². The van der Waals surface area contributed by atoms with Crippen LogP contribution in [0.3, 0.4) is 0 Å². The van der Waals surface area contributed by atoms with E-state index in [1.807, 2.05) is 0 Å². The maximum Gasteiger partial charge on any atom is 0.458 e. The molecule has 18 heavy (non-hydrogen) atoms. The van der Waals surface area contributed by atoms with Gasteiger partial charge in [0, 0.05) is 21.3 Å². The second kappa shape index (κ2) is 7.75. The van der Waals surface area contributed by atoms with Crippen LogP contribution < -0.4 is 0 Å². The smallest absolute Gasteiger partial charge is 0.306 e. The van der Waals surface area contributed by atoms with Crippen molar-refractivity contribution in [1.29, 1.82) is 0 Å². The molecule has 0 aliphatic rings. The first-order valence-electron chi connectivity index (χ1n) is 5.50. The van der Waals surface area contributed by atoms with E-state index in [1.165, 1.54) is 21.3 Å². The number of hydrogen-bond donors (Lipinski definition) is 0. The second-order valence-electron chi connectivity index (χ2n) is 3.88. The minimum absolute atomic E-state index is 0.314. The van der Waals surface area contributed by atoms with Crippen LogP contribution in [0.1, 0.15) is 27.7 Å². The number of rotatable bonds is 8. The summed E-state index contributed by atoms with van der Waals surface area (Å²) in [5, 5.41) is 0. The summed E-state index contributed by atoms with van der Waals surface area (Å²) in [6.45, 7) is 6.94. The third-order valence-electron chi connectivity index (χ3n) is 1.60. The van der Waals surface area contributed by atoms with Crippen LogP contribution in [0, 0.1) is 0 Å². The highest BCUT2D eigenvalue weighted by Crippen LogP contribution is 2.64. The molecule has 110 valence electrons. The molecule has 7 nitrogen and oxygen atoms in total. The third kappa shape index (κ3) is 5.93. The predicted octanol–water partition coefficient (Wildman–Crippen LogP) is 3.83. The molecule has 0 fully saturated rings. The van der Waals surface area contributed by atoms with E-state index < -0.39 is 15.5 Å². The Morgan fingerprint density at radius 3 is 1.39 bits per heavy atom. The fourth-order valence-electron chi connectivity index (χ4n) is 1.07. The summed E-state index contributed by atoms with van der Waals surface area (Å²) >= 11 is 0. The SMILES string of the molecule is COP(=NP(=O)(OC(C)C)OC(C)C)(OC)OC. The zero-order valence-electron chi connectivity index (χ0n) is 11.9. The van der Waals surface area contributed by atoms with Crippen molar-refractivity contribution >= 4 is 15.5 Å². The maximum absolute atomic E-state index is 12.5. The van der Waals surface area contributed by atoms with Crippen LogP contribution in [0.5, 0.6) is 0 Å². The van der Waals surface area contributed by atoms with Gasteiger partial charge in [-0.3, -0.25) is 9.05 Å². The lowest BCUT2D eigenvalue weighted by Gasteiger charge is -2.23. The van der Waals surface area contributed by atoms with E-state index in [9.17, 15) is 4.57 Å². The van der Waals surface area contributed by atoms with Gasteiger partial charge in [-0.1, -0.05) is 0 Å². The topological polar surface area (TPSA) is 75.6 Å². The molecular formula is C9H23NO6P2. The van der Waals surface area contributed by atoms with Gasteiger partial charge in [0.15, 0.2) is 0 Å². The van der Waals surface area contributed by atoms with Gasteiger partial charge in [0.1, 0.15) is 0 Å². The first-order chi connectivity index (χ1) is 8.22. The molecule has 0 aromatic carbocycles. The Hall–Kier alpha value is 0.260. The van der Waals surface area contributed by atoms with Crippen LogP contribution in [0.25, 0.3) is 0 Å². The molecule has 0 bridgehead atoms. The lowest BCUT2D eigenvalue weighted by Crippen LogP contribution is -2.07. The lowest BCUT2D eigenvalue weighted by molar-refractivity contribution is 0.141. The van der Waals surface area contributed by atoms with Gasteiger partial charge in [0.25, 0.3) is 0 Å². The molecule has 0 spiro atoms. The molecule has 0 aliphatic carbocycles. The van der Waals surface area contributed by atoms with Crippen molar-refractivity contribution in [3.8, 4) is 0 Å². The Kier molecular flexibility index (Phi) is 7.87. The van der Waals surface area contributed by atoms with Crippen LogP contribution in [-0.4, -0.2) is 33.5 Å². The van der Waals surface area contributed by atoms with Crippen molar-refractivity contribution < 1.29 is 27.2 Å². The van der Waals surface area contributed by atoms with Gasteiger partial charge in [-0.05, 0) is 27.7 Å². The van der Waals surface area contributed by atoms with Crippen LogP contribution in [0.2, 0.25) is 0 Å². The van der Waals surface area contributed by atoms with Crippen molar-refractivity contribution in [1.82, 2.24) is 0 Å². The fourth-order valence-corrected chi connectivity index (χ4v) is 4.92. The first-order valence-corrected chi connectivity index (χ1v) is 8.49. The molecule has 0 saturated carbocycles. The van der Waals surface area contributed by atoms with E-state index in [2.05, 4.69) is 4.52 Å². The van der Waals surface area contributed by atoms with Crippen molar-refractivity contribution in [2.45, 2.75) is 39.9 Å². The van der Waals surface area contributed by atoms with Gasteiger partial charge in [-0.2, -0.15) is 0 Å². The highest BCUT2D eigenvalue weighted by Gasteiger charge is 2.34. The summed E-state index contributed by atoms with van der Waals surface area (Å²) in [5.74, 6) is 0. The molecule has 0 radical (unpaired) electrons. The van der Waals surface area contributed by atoms with Gasteiger partial charge < -0.3 is 13.6 Å². The molecule has 9 heteroatoms. The number of nitrogens with zero attached hydrogens (tertiary/aromatic N) is 1. The van der Waals surface area contributed by atoms with Gasteiger partial charge >= 0.3 is 15.5 Å². The third-order valence-corrected chi connectivity index (χ3v) is 6.11. The van der Waals surface area contributed by atoms with E-state index in [1.54, 1.807) is 27.7 Å². The molecule has 0 rings (SSSR count). The zero-order valence-corrected chi connectivity index (χ0v) is 13.7. The zero-order chi connectivity index (χ0) is 14.4. The minimum atomic E-state index is -3.70. The molecule has 0 N–H and O–H groups in total. The van der Waals surface area contributed by atoms with Crippen molar-refractivity contribution in [2.75, 3.05) is 21.3 Å². The molecule has 0 heterocycles. The average Bonchev–Trinajstić information content (AvgIpc) is 2.23. The van der Waals surface area contributed by atoms with Crippen molar-refractivity contribution in [3.05, 3.63) is 0 Å². The summed E-state index contributed by atoms with van der Waals surface area (Å²) in [5.41, 5.74) is 0.